The van der Waals surface area contributed by atoms with E-state index in [9.17, 15) is 4.39 Å². The van der Waals surface area contributed by atoms with Crippen LogP contribution in [0.15, 0.2) is 47.4 Å². The highest BCUT2D eigenvalue weighted by molar-refractivity contribution is 7.98. The second-order valence-electron chi connectivity index (χ2n) is 3.48. The molecule has 2 aromatic rings. The van der Waals surface area contributed by atoms with Crippen molar-refractivity contribution in [3.8, 4) is 11.5 Å². The first-order valence-electron chi connectivity index (χ1n) is 5.22. The van der Waals surface area contributed by atoms with Gasteiger partial charge in [0.25, 0.3) is 5.69 Å². The Labute approximate surface area is 109 Å². The molecular weight excluding hydrogens is 249 g/mol. The number of ether oxygens (including phenoxy) is 1. The number of para-hydroxylation sites is 1. The third-order valence-corrected chi connectivity index (χ3v) is 3.09. The lowest BCUT2D eigenvalue weighted by atomic mass is 10.3. The van der Waals surface area contributed by atoms with Gasteiger partial charge in [-0.3, -0.25) is 0 Å². The molecule has 0 spiro atoms. The van der Waals surface area contributed by atoms with Crippen molar-refractivity contribution in [3.05, 3.63) is 59.7 Å². The second kappa shape index (κ2) is 5.56. The Bertz CT molecular complexity index is 590. The van der Waals surface area contributed by atoms with Crippen molar-refractivity contribution in [2.24, 2.45) is 0 Å². The summed E-state index contributed by atoms with van der Waals surface area (Å²) in [5.41, 5.74) is -0.0913. The Morgan fingerprint density at radius 1 is 1.17 bits per heavy atom. The molecule has 18 heavy (non-hydrogen) atoms. The van der Waals surface area contributed by atoms with E-state index in [1.807, 2.05) is 18.4 Å². The molecule has 0 aliphatic rings. The maximum absolute atomic E-state index is 13.4. The van der Waals surface area contributed by atoms with E-state index in [4.69, 9.17) is 11.3 Å². The number of rotatable bonds is 3. The lowest BCUT2D eigenvalue weighted by Gasteiger charge is -2.08. The summed E-state index contributed by atoms with van der Waals surface area (Å²) in [7, 11) is 0. The van der Waals surface area contributed by atoms with Gasteiger partial charge in [0.05, 0.1) is 6.57 Å². The molecule has 0 atom stereocenters. The lowest BCUT2D eigenvalue weighted by molar-refractivity contribution is 0.480. The molecule has 0 radical (unpaired) electrons. The van der Waals surface area contributed by atoms with Crippen molar-refractivity contribution < 1.29 is 9.13 Å². The molecule has 0 aromatic heterocycles. The molecule has 0 unspecified atom stereocenters. The summed E-state index contributed by atoms with van der Waals surface area (Å²) >= 11 is 1.63. The molecule has 0 saturated carbocycles. The standard InChI is InChI=1S/C14H10FNOS/c1-16-14-12(15)4-3-5-13(14)17-10-6-8-11(18-2)9-7-10/h3-9H,2H3. The van der Waals surface area contributed by atoms with Crippen molar-refractivity contribution in [1.29, 1.82) is 0 Å². The van der Waals surface area contributed by atoms with Crippen LogP contribution in [0, 0.1) is 12.4 Å². The first-order valence-corrected chi connectivity index (χ1v) is 6.45. The fourth-order valence-electron chi connectivity index (χ4n) is 1.46. The molecule has 0 aliphatic heterocycles. The predicted octanol–water partition coefficient (Wildman–Crippen LogP) is 4.89. The Morgan fingerprint density at radius 2 is 1.89 bits per heavy atom. The van der Waals surface area contributed by atoms with Crippen LogP contribution in [0.5, 0.6) is 11.5 Å². The highest BCUT2D eigenvalue weighted by atomic mass is 32.2. The molecule has 2 aromatic carbocycles. The van der Waals surface area contributed by atoms with Gasteiger partial charge in [-0.2, -0.15) is 0 Å². The van der Waals surface area contributed by atoms with E-state index in [0.717, 1.165) is 4.90 Å². The molecule has 90 valence electrons. The Morgan fingerprint density at radius 3 is 2.50 bits per heavy atom. The average molecular weight is 259 g/mol. The van der Waals surface area contributed by atoms with Crippen LogP contribution >= 0.6 is 11.8 Å². The first-order chi connectivity index (χ1) is 8.74. The summed E-state index contributed by atoms with van der Waals surface area (Å²) in [6, 6.07) is 11.8. The fraction of sp³-hybridized carbons (Fsp3) is 0.0714. The molecule has 0 aliphatic carbocycles. The van der Waals surface area contributed by atoms with Gasteiger partial charge in [-0.1, -0.05) is 6.07 Å². The molecule has 0 amide bonds. The van der Waals surface area contributed by atoms with Crippen LogP contribution in [0.1, 0.15) is 0 Å². The SMILES string of the molecule is [C-]#[N+]c1c(F)cccc1Oc1ccc(SC)cc1. The van der Waals surface area contributed by atoms with E-state index < -0.39 is 5.82 Å². The van der Waals surface area contributed by atoms with E-state index in [2.05, 4.69) is 4.85 Å². The van der Waals surface area contributed by atoms with Crippen LogP contribution < -0.4 is 4.74 Å². The minimum atomic E-state index is -0.566. The summed E-state index contributed by atoms with van der Waals surface area (Å²) in [5, 5.41) is 0. The topological polar surface area (TPSA) is 13.6 Å². The molecule has 0 saturated heterocycles. The Hall–Kier alpha value is -1.99. The molecule has 4 heteroatoms. The van der Waals surface area contributed by atoms with Crippen LogP contribution in [-0.4, -0.2) is 6.26 Å². The zero-order valence-corrected chi connectivity index (χ0v) is 10.5. The quantitative estimate of drug-likeness (QED) is 0.575. The van der Waals surface area contributed by atoms with E-state index in [1.165, 1.54) is 12.1 Å². The highest BCUT2D eigenvalue weighted by Gasteiger charge is 2.10. The predicted molar refractivity (Wildman–Crippen MR) is 71.0 cm³/mol. The van der Waals surface area contributed by atoms with Crippen LogP contribution in [-0.2, 0) is 0 Å². The van der Waals surface area contributed by atoms with Crippen LogP contribution in [0.3, 0.4) is 0 Å². The van der Waals surface area contributed by atoms with Crippen molar-refractivity contribution in [2.75, 3.05) is 6.26 Å². The monoisotopic (exact) mass is 259 g/mol. The van der Waals surface area contributed by atoms with E-state index in [-0.39, 0.29) is 11.4 Å². The van der Waals surface area contributed by atoms with Crippen LogP contribution in [0.2, 0.25) is 0 Å². The second-order valence-corrected chi connectivity index (χ2v) is 4.36. The number of thioether (sulfide) groups is 1. The minimum Gasteiger partial charge on any atom is -0.468 e. The fourth-order valence-corrected chi connectivity index (χ4v) is 1.87. The molecule has 0 bridgehead atoms. The molecule has 0 heterocycles. The van der Waals surface area contributed by atoms with Gasteiger partial charge in [0.2, 0.25) is 0 Å². The van der Waals surface area contributed by atoms with Crippen molar-refractivity contribution >= 4 is 17.4 Å². The van der Waals surface area contributed by atoms with Gasteiger partial charge in [0.1, 0.15) is 17.3 Å². The number of hydrogen-bond acceptors (Lipinski definition) is 2. The largest absolute Gasteiger partial charge is 0.468 e. The maximum Gasteiger partial charge on any atom is 0.263 e. The maximum atomic E-state index is 13.4. The van der Waals surface area contributed by atoms with E-state index in [0.29, 0.717) is 5.75 Å². The average Bonchev–Trinajstić information content (AvgIpc) is 2.40. The van der Waals surface area contributed by atoms with Gasteiger partial charge in [-0.05, 0) is 42.7 Å². The number of hydrogen-bond donors (Lipinski definition) is 0. The summed E-state index contributed by atoms with van der Waals surface area (Å²) in [4.78, 5) is 4.26. The van der Waals surface area contributed by atoms with Gasteiger partial charge in [-0.25, -0.2) is 9.24 Å². The van der Waals surface area contributed by atoms with Crippen molar-refractivity contribution in [1.82, 2.24) is 0 Å². The zero-order valence-electron chi connectivity index (χ0n) is 9.68. The molecule has 2 rings (SSSR count). The van der Waals surface area contributed by atoms with Gasteiger partial charge < -0.3 is 4.74 Å². The minimum absolute atomic E-state index is 0.0913. The van der Waals surface area contributed by atoms with E-state index in [1.54, 1.807) is 30.0 Å². The Balaban J connectivity index is 2.28. The zero-order chi connectivity index (χ0) is 13.0. The number of benzene rings is 2. The van der Waals surface area contributed by atoms with E-state index >= 15 is 0 Å². The van der Waals surface area contributed by atoms with Crippen molar-refractivity contribution in [3.63, 3.8) is 0 Å². The summed E-state index contributed by atoms with van der Waals surface area (Å²) < 4.78 is 18.9. The van der Waals surface area contributed by atoms with Gasteiger partial charge in [-0.15, -0.1) is 11.8 Å². The lowest BCUT2D eigenvalue weighted by Crippen LogP contribution is -1.86. The number of halogens is 1. The first kappa shape index (κ1) is 12.5. The van der Waals surface area contributed by atoms with Crippen LogP contribution in [0.4, 0.5) is 10.1 Å². The highest BCUT2D eigenvalue weighted by Crippen LogP contribution is 2.34. The third-order valence-electron chi connectivity index (χ3n) is 2.35. The molecule has 0 N–H and O–H groups in total. The summed E-state index contributed by atoms with van der Waals surface area (Å²) in [6.45, 7) is 6.96. The number of nitrogens with zero attached hydrogens (tertiary/aromatic N) is 1. The van der Waals surface area contributed by atoms with Gasteiger partial charge >= 0.3 is 0 Å². The summed E-state index contributed by atoms with van der Waals surface area (Å²) in [5.74, 6) is 0.258. The van der Waals surface area contributed by atoms with Gasteiger partial charge in [0, 0.05) is 4.90 Å². The summed E-state index contributed by atoms with van der Waals surface area (Å²) in [6.07, 6.45) is 1.99. The third kappa shape index (κ3) is 2.63. The molecule has 2 nitrogen and oxygen atoms in total. The van der Waals surface area contributed by atoms with Crippen molar-refractivity contribution in [2.45, 2.75) is 4.90 Å². The normalized spacial score (nSPS) is 9.83. The molecular formula is C14H10FNOS. The van der Waals surface area contributed by atoms with Crippen LogP contribution in [0.25, 0.3) is 4.85 Å². The Kier molecular flexibility index (Phi) is 3.85. The van der Waals surface area contributed by atoms with Gasteiger partial charge in [0.15, 0.2) is 0 Å². The molecule has 0 fully saturated rings. The smallest absolute Gasteiger partial charge is 0.263 e.